The van der Waals surface area contributed by atoms with Gasteiger partial charge in [0.05, 0.1) is 0 Å². The number of nitrogens with two attached hydrogens (primary N) is 1. The number of nitrogens with one attached hydrogen (secondary N) is 1. The Balaban J connectivity index is 1.94. The van der Waals surface area contributed by atoms with Crippen molar-refractivity contribution in [3.8, 4) is 0 Å². The molecule has 2 aromatic carbocycles. The summed E-state index contributed by atoms with van der Waals surface area (Å²) in [5.41, 5.74) is 8.31. The molecule has 1 aromatic heterocycles. The third kappa shape index (κ3) is 2.45. The maximum Gasteiger partial charge on any atom is 0.274 e. The van der Waals surface area contributed by atoms with Crippen molar-refractivity contribution in [2.45, 2.75) is 0 Å². The molecule has 0 spiro atoms. The van der Waals surface area contributed by atoms with Gasteiger partial charge in [-0.1, -0.05) is 0 Å². The van der Waals surface area contributed by atoms with E-state index < -0.39 is 0 Å². The van der Waals surface area contributed by atoms with E-state index in [1.165, 1.54) is 17.0 Å². The molecule has 3 rings (SSSR count). The molecule has 0 saturated heterocycles. The lowest BCUT2D eigenvalue weighted by Gasteiger charge is -2.16. The quantitative estimate of drug-likeness (QED) is 0.710. The average Bonchev–Trinajstić information content (AvgIpc) is 2.89. The third-order valence-corrected chi connectivity index (χ3v) is 3.39. The maximum absolute atomic E-state index is 12.9. The lowest BCUT2D eigenvalue weighted by atomic mass is 10.2. The Bertz CT molecular complexity index is 808. The van der Waals surface area contributed by atoms with Gasteiger partial charge in [-0.2, -0.15) is 0 Å². The first-order valence-corrected chi connectivity index (χ1v) is 6.46. The van der Waals surface area contributed by atoms with Crippen molar-refractivity contribution in [1.29, 1.82) is 0 Å². The maximum atomic E-state index is 12.9. The molecular weight excluding hydrogens is 269 g/mol. The standard InChI is InChI=1S/C16H14FN3O/c1-20(13-5-2-11(17)3-6-13)16(21)15-9-10-8-12(18)4-7-14(10)19-15/h2-9,19H,18H2,1H3. The number of hydrogen-bond acceptors (Lipinski definition) is 2. The highest BCUT2D eigenvalue weighted by Gasteiger charge is 2.16. The first-order valence-electron chi connectivity index (χ1n) is 6.46. The predicted octanol–water partition coefficient (Wildman–Crippen LogP) is 3.17. The molecular formula is C16H14FN3O. The number of H-pyrrole nitrogens is 1. The minimum absolute atomic E-state index is 0.198. The lowest BCUT2D eigenvalue weighted by Crippen LogP contribution is -2.26. The van der Waals surface area contributed by atoms with Crippen LogP contribution in [0.4, 0.5) is 15.8 Å². The number of carbonyl (C=O) groups is 1. The zero-order chi connectivity index (χ0) is 15.0. The van der Waals surface area contributed by atoms with E-state index in [0.717, 1.165) is 10.9 Å². The molecule has 0 unspecified atom stereocenters. The lowest BCUT2D eigenvalue weighted by molar-refractivity contribution is 0.0989. The number of benzene rings is 2. The van der Waals surface area contributed by atoms with Gasteiger partial charge < -0.3 is 15.6 Å². The fraction of sp³-hybridized carbons (Fsp3) is 0.0625. The van der Waals surface area contributed by atoms with Crippen molar-refractivity contribution in [2.75, 3.05) is 17.7 Å². The van der Waals surface area contributed by atoms with E-state index in [1.54, 1.807) is 37.4 Å². The van der Waals surface area contributed by atoms with Crippen molar-refractivity contribution in [3.05, 3.63) is 60.0 Å². The molecule has 106 valence electrons. The Hall–Kier alpha value is -2.82. The van der Waals surface area contributed by atoms with Gasteiger partial charge in [0.1, 0.15) is 11.5 Å². The van der Waals surface area contributed by atoms with Gasteiger partial charge in [-0.3, -0.25) is 4.79 Å². The number of halogens is 1. The Morgan fingerprint density at radius 1 is 1.14 bits per heavy atom. The van der Waals surface area contributed by atoms with Gasteiger partial charge in [0, 0.05) is 29.3 Å². The van der Waals surface area contributed by atoms with Crippen LogP contribution in [0.2, 0.25) is 0 Å². The summed E-state index contributed by atoms with van der Waals surface area (Å²) in [6.07, 6.45) is 0. The summed E-state index contributed by atoms with van der Waals surface area (Å²) in [4.78, 5) is 17.0. The summed E-state index contributed by atoms with van der Waals surface area (Å²) in [5, 5.41) is 0.880. The fourth-order valence-corrected chi connectivity index (χ4v) is 2.23. The molecule has 0 aliphatic rings. The van der Waals surface area contributed by atoms with E-state index in [-0.39, 0.29) is 11.7 Å². The highest BCUT2D eigenvalue weighted by Crippen LogP contribution is 2.21. The molecule has 5 heteroatoms. The zero-order valence-electron chi connectivity index (χ0n) is 11.4. The van der Waals surface area contributed by atoms with Gasteiger partial charge in [0.2, 0.25) is 0 Å². The Morgan fingerprint density at radius 2 is 1.86 bits per heavy atom. The van der Waals surface area contributed by atoms with Crippen molar-refractivity contribution < 1.29 is 9.18 Å². The molecule has 4 nitrogen and oxygen atoms in total. The van der Waals surface area contributed by atoms with Gasteiger partial charge in [-0.05, 0) is 48.5 Å². The van der Waals surface area contributed by atoms with Crippen LogP contribution in [0.5, 0.6) is 0 Å². The van der Waals surface area contributed by atoms with Gasteiger partial charge in [0.25, 0.3) is 5.91 Å². The third-order valence-electron chi connectivity index (χ3n) is 3.39. The molecule has 1 heterocycles. The van der Waals surface area contributed by atoms with Crippen LogP contribution in [0.1, 0.15) is 10.5 Å². The molecule has 0 radical (unpaired) electrons. The van der Waals surface area contributed by atoms with Crippen LogP contribution in [0.3, 0.4) is 0 Å². The molecule has 0 saturated carbocycles. The number of anilines is 2. The van der Waals surface area contributed by atoms with Crippen LogP contribution in [-0.2, 0) is 0 Å². The van der Waals surface area contributed by atoms with Crippen molar-refractivity contribution in [3.63, 3.8) is 0 Å². The van der Waals surface area contributed by atoms with Crippen LogP contribution >= 0.6 is 0 Å². The first kappa shape index (κ1) is 13.2. The van der Waals surface area contributed by atoms with Gasteiger partial charge in [-0.25, -0.2) is 4.39 Å². The smallest absolute Gasteiger partial charge is 0.274 e. The number of rotatable bonds is 2. The van der Waals surface area contributed by atoms with E-state index in [2.05, 4.69) is 4.98 Å². The molecule has 0 bridgehead atoms. The number of hydrogen-bond donors (Lipinski definition) is 2. The summed E-state index contributed by atoms with van der Waals surface area (Å²) in [5.74, 6) is -0.530. The van der Waals surface area contributed by atoms with Crippen LogP contribution in [0.25, 0.3) is 10.9 Å². The number of fused-ring (bicyclic) bond motifs is 1. The number of nitrogens with zero attached hydrogens (tertiary/aromatic N) is 1. The number of amides is 1. The Labute approximate surface area is 121 Å². The van der Waals surface area contributed by atoms with Crippen LogP contribution in [0, 0.1) is 5.82 Å². The molecule has 21 heavy (non-hydrogen) atoms. The Morgan fingerprint density at radius 3 is 2.57 bits per heavy atom. The minimum atomic E-state index is -0.333. The van der Waals surface area contributed by atoms with Gasteiger partial charge >= 0.3 is 0 Å². The summed E-state index contributed by atoms with van der Waals surface area (Å²) in [6, 6.07) is 12.9. The molecule has 0 aliphatic heterocycles. The first-order chi connectivity index (χ1) is 10.0. The molecule has 1 amide bonds. The van der Waals surface area contributed by atoms with E-state index >= 15 is 0 Å². The van der Waals surface area contributed by atoms with Crippen LogP contribution in [-0.4, -0.2) is 17.9 Å². The molecule has 0 atom stereocenters. The zero-order valence-corrected chi connectivity index (χ0v) is 11.4. The summed E-state index contributed by atoms with van der Waals surface area (Å²) < 4.78 is 12.9. The van der Waals surface area contributed by atoms with Crippen LogP contribution < -0.4 is 10.6 Å². The Kier molecular flexibility index (Phi) is 3.10. The molecule has 3 aromatic rings. The molecule has 0 aliphatic carbocycles. The van der Waals surface area contributed by atoms with Crippen molar-refractivity contribution >= 4 is 28.2 Å². The second-order valence-electron chi connectivity index (χ2n) is 4.87. The minimum Gasteiger partial charge on any atom is -0.399 e. The average molecular weight is 283 g/mol. The molecule has 0 fully saturated rings. The second-order valence-corrected chi connectivity index (χ2v) is 4.87. The van der Waals surface area contributed by atoms with Gasteiger partial charge in [-0.15, -0.1) is 0 Å². The van der Waals surface area contributed by atoms with Crippen molar-refractivity contribution in [2.24, 2.45) is 0 Å². The van der Waals surface area contributed by atoms with E-state index in [1.807, 2.05) is 6.07 Å². The second kappa shape index (κ2) is 4.94. The SMILES string of the molecule is CN(C(=O)c1cc2cc(N)ccc2[nH]1)c1ccc(F)cc1. The fourth-order valence-electron chi connectivity index (χ4n) is 2.23. The van der Waals surface area contributed by atoms with E-state index in [0.29, 0.717) is 17.1 Å². The largest absolute Gasteiger partial charge is 0.399 e. The van der Waals surface area contributed by atoms with Crippen LogP contribution in [0.15, 0.2) is 48.5 Å². The summed E-state index contributed by atoms with van der Waals surface area (Å²) in [6.45, 7) is 0. The normalized spacial score (nSPS) is 10.8. The number of nitrogen functional groups attached to an aromatic ring is 1. The van der Waals surface area contributed by atoms with Crippen molar-refractivity contribution in [1.82, 2.24) is 4.98 Å². The van der Waals surface area contributed by atoms with Gasteiger partial charge in [0.15, 0.2) is 0 Å². The number of aromatic amines is 1. The number of aromatic nitrogens is 1. The molecule has 3 N–H and O–H groups in total. The summed E-state index contributed by atoms with van der Waals surface area (Å²) in [7, 11) is 1.65. The highest BCUT2D eigenvalue weighted by molar-refractivity contribution is 6.07. The summed E-state index contributed by atoms with van der Waals surface area (Å²) >= 11 is 0. The highest BCUT2D eigenvalue weighted by atomic mass is 19.1. The van der Waals surface area contributed by atoms with E-state index in [9.17, 15) is 9.18 Å². The number of carbonyl (C=O) groups excluding carboxylic acids is 1. The predicted molar refractivity (Wildman–Crippen MR) is 81.8 cm³/mol. The van der Waals surface area contributed by atoms with E-state index in [4.69, 9.17) is 5.73 Å². The topological polar surface area (TPSA) is 62.1 Å². The monoisotopic (exact) mass is 283 g/mol.